The van der Waals surface area contributed by atoms with Crippen LogP contribution in [0, 0.1) is 5.82 Å². The number of nitrogens with one attached hydrogen (secondary N) is 1. The minimum atomic E-state index is -0.462. The Kier molecular flexibility index (Phi) is 5.52. The third kappa shape index (κ3) is 4.69. The van der Waals surface area contributed by atoms with Crippen LogP contribution in [0.5, 0.6) is 5.75 Å². The summed E-state index contributed by atoms with van der Waals surface area (Å²) in [5.41, 5.74) is 1.04. The molecule has 4 aromatic rings. The van der Waals surface area contributed by atoms with Crippen molar-refractivity contribution >= 4 is 22.7 Å². The molecule has 0 atom stereocenters. The van der Waals surface area contributed by atoms with E-state index in [0.29, 0.717) is 22.8 Å². The van der Waals surface area contributed by atoms with Crippen LogP contribution in [0.3, 0.4) is 0 Å². The number of ether oxygens (including phenoxy) is 1. The van der Waals surface area contributed by atoms with Crippen LogP contribution >= 0.6 is 0 Å². The van der Waals surface area contributed by atoms with Crippen molar-refractivity contribution in [3.8, 4) is 11.4 Å². The van der Waals surface area contributed by atoms with Gasteiger partial charge in [0.25, 0.3) is 5.91 Å². The molecule has 8 heteroatoms. The molecule has 7 nitrogen and oxygen atoms in total. The van der Waals surface area contributed by atoms with Crippen LogP contribution in [0.15, 0.2) is 69.9 Å². The quantitative estimate of drug-likeness (QED) is 0.469. The lowest BCUT2D eigenvalue weighted by atomic mass is 9.92. The van der Waals surface area contributed by atoms with E-state index < -0.39 is 11.5 Å². The van der Waals surface area contributed by atoms with E-state index in [1.165, 1.54) is 18.2 Å². The third-order valence-electron chi connectivity index (χ3n) is 4.78. The number of hydrogen-bond donors (Lipinski definition) is 1. The molecule has 2 heterocycles. The second kappa shape index (κ2) is 8.30. The zero-order valence-electron chi connectivity index (χ0n) is 17.9. The Morgan fingerprint density at radius 2 is 1.81 bits per heavy atom. The van der Waals surface area contributed by atoms with Crippen molar-refractivity contribution in [1.29, 1.82) is 0 Å². The number of hydrogen-bond acceptors (Lipinski definition) is 5. The van der Waals surface area contributed by atoms with Gasteiger partial charge in [-0.05, 0) is 42.5 Å². The summed E-state index contributed by atoms with van der Waals surface area (Å²) < 4.78 is 25.6. The van der Waals surface area contributed by atoms with E-state index in [2.05, 4.69) is 10.4 Å². The van der Waals surface area contributed by atoms with Crippen molar-refractivity contribution in [2.45, 2.75) is 26.2 Å². The fourth-order valence-corrected chi connectivity index (χ4v) is 3.07. The summed E-state index contributed by atoms with van der Waals surface area (Å²) in [5.74, 6) is 0.0783. The van der Waals surface area contributed by atoms with Crippen LogP contribution in [0.2, 0.25) is 0 Å². The molecule has 0 aliphatic carbocycles. The summed E-state index contributed by atoms with van der Waals surface area (Å²) in [6.07, 6.45) is 0. The first kappa shape index (κ1) is 21.3. The maximum Gasteiger partial charge on any atom is 0.336 e. The molecule has 2 aromatic carbocycles. The van der Waals surface area contributed by atoms with E-state index in [0.717, 1.165) is 11.1 Å². The summed E-state index contributed by atoms with van der Waals surface area (Å²) >= 11 is 0. The first-order valence-corrected chi connectivity index (χ1v) is 10.0. The van der Waals surface area contributed by atoms with Gasteiger partial charge in [-0.2, -0.15) is 5.10 Å². The zero-order chi connectivity index (χ0) is 22.9. The van der Waals surface area contributed by atoms with Gasteiger partial charge in [0, 0.05) is 29.0 Å². The van der Waals surface area contributed by atoms with E-state index in [-0.39, 0.29) is 17.8 Å². The Morgan fingerprint density at radius 1 is 1.09 bits per heavy atom. The van der Waals surface area contributed by atoms with Gasteiger partial charge < -0.3 is 14.5 Å². The van der Waals surface area contributed by atoms with Gasteiger partial charge in [0.15, 0.2) is 6.61 Å². The Balaban J connectivity index is 1.53. The zero-order valence-corrected chi connectivity index (χ0v) is 17.9. The van der Waals surface area contributed by atoms with E-state index in [1.54, 1.807) is 47.1 Å². The number of anilines is 1. The highest BCUT2D eigenvalue weighted by Crippen LogP contribution is 2.26. The van der Waals surface area contributed by atoms with Gasteiger partial charge in [-0.25, -0.2) is 13.9 Å². The molecule has 0 saturated heterocycles. The van der Waals surface area contributed by atoms with Crippen molar-refractivity contribution < 1.29 is 18.3 Å². The van der Waals surface area contributed by atoms with Crippen LogP contribution < -0.4 is 15.7 Å². The smallest absolute Gasteiger partial charge is 0.336 e. The Labute approximate surface area is 183 Å². The van der Waals surface area contributed by atoms with Crippen molar-refractivity contribution in [2.75, 3.05) is 11.9 Å². The minimum absolute atomic E-state index is 0.254. The van der Waals surface area contributed by atoms with Gasteiger partial charge >= 0.3 is 5.63 Å². The molecule has 0 fully saturated rings. The molecule has 0 aliphatic rings. The van der Waals surface area contributed by atoms with Gasteiger partial charge in [-0.3, -0.25) is 4.79 Å². The summed E-state index contributed by atoms with van der Waals surface area (Å²) in [6, 6.07) is 15.6. The number of benzene rings is 2. The van der Waals surface area contributed by atoms with E-state index in [4.69, 9.17) is 9.15 Å². The lowest BCUT2D eigenvalue weighted by Crippen LogP contribution is -2.21. The fourth-order valence-electron chi connectivity index (χ4n) is 3.07. The molecule has 0 saturated carbocycles. The lowest BCUT2D eigenvalue weighted by Gasteiger charge is -2.14. The highest BCUT2D eigenvalue weighted by Gasteiger charge is 2.21. The maximum absolute atomic E-state index is 13.3. The molecule has 0 bridgehead atoms. The van der Waals surface area contributed by atoms with Gasteiger partial charge in [-0.15, -0.1) is 0 Å². The summed E-state index contributed by atoms with van der Waals surface area (Å²) in [4.78, 5) is 24.0. The minimum Gasteiger partial charge on any atom is -0.484 e. The monoisotopic (exact) mass is 435 g/mol. The number of halogens is 1. The summed E-state index contributed by atoms with van der Waals surface area (Å²) in [5, 5.41) is 8.14. The largest absolute Gasteiger partial charge is 0.484 e. The molecule has 0 spiro atoms. The number of nitrogens with zero attached hydrogens (tertiary/aromatic N) is 2. The van der Waals surface area contributed by atoms with Crippen LogP contribution in [0.1, 0.15) is 26.5 Å². The number of carbonyl (C=O) groups is 1. The standard InChI is InChI=1S/C24H22FN3O4/c1-24(2,3)20-13-21(28(27-20)17-8-6-16(25)7-9-17)26-22(29)14-31-18-10-4-15-5-11-23(30)32-19(15)12-18/h4-13H,14H2,1-3H3,(H,26,29). The molecule has 164 valence electrons. The first-order valence-electron chi connectivity index (χ1n) is 10.0. The molecule has 1 amide bonds. The van der Waals surface area contributed by atoms with Crippen LogP contribution in [0.4, 0.5) is 10.2 Å². The molecule has 4 rings (SSSR count). The lowest BCUT2D eigenvalue weighted by molar-refractivity contribution is -0.118. The molecule has 32 heavy (non-hydrogen) atoms. The van der Waals surface area contributed by atoms with Gasteiger partial charge in [-0.1, -0.05) is 20.8 Å². The van der Waals surface area contributed by atoms with E-state index in [1.807, 2.05) is 20.8 Å². The first-order chi connectivity index (χ1) is 15.2. The highest BCUT2D eigenvalue weighted by atomic mass is 19.1. The fraction of sp³-hybridized carbons (Fsp3) is 0.208. The number of carbonyl (C=O) groups excluding carboxylic acids is 1. The summed E-state index contributed by atoms with van der Waals surface area (Å²) in [6.45, 7) is 5.77. The molecule has 0 aliphatic heterocycles. The Bertz CT molecular complexity index is 1330. The number of aromatic nitrogens is 2. The second-order valence-electron chi connectivity index (χ2n) is 8.34. The Morgan fingerprint density at radius 3 is 2.53 bits per heavy atom. The van der Waals surface area contributed by atoms with Gasteiger partial charge in [0.2, 0.25) is 0 Å². The number of fused-ring (bicyclic) bond motifs is 1. The second-order valence-corrected chi connectivity index (χ2v) is 8.34. The third-order valence-corrected chi connectivity index (χ3v) is 4.78. The number of rotatable bonds is 5. The molecular formula is C24H22FN3O4. The van der Waals surface area contributed by atoms with Crippen LogP contribution in [-0.2, 0) is 10.2 Å². The predicted molar refractivity (Wildman–Crippen MR) is 119 cm³/mol. The molecule has 0 unspecified atom stereocenters. The average Bonchev–Trinajstić information content (AvgIpc) is 3.16. The number of amides is 1. The van der Waals surface area contributed by atoms with E-state index in [9.17, 15) is 14.0 Å². The van der Waals surface area contributed by atoms with Crippen molar-refractivity contribution in [3.63, 3.8) is 0 Å². The van der Waals surface area contributed by atoms with Gasteiger partial charge in [0.1, 0.15) is 23.0 Å². The molecule has 0 radical (unpaired) electrons. The van der Waals surface area contributed by atoms with Gasteiger partial charge in [0.05, 0.1) is 11.4 Å². The van der Waals surface area contributed by atoms with Crippen molar-refractivity contribution in [3.05, 3.63) is 82.6 Å². The van der Waals surface area contributed by atoms with Crippen molar-refractivity contribution in [1.82, 2.24) is 9.78 Å². The van der Waals surface area contributed by atoms with Crippen LogP contribution in [0.25, 0.3) is 16.7 Å². The van der Waals surface area contributed by atoms with Crippen LogP contribution in [-0.4, -0.2) is 22.3 Å². The molecule has 2 aromatic heterocycles. The highest BCUT2D eigenvalue weighted by molar-refractivity contribution is 5.91. The normalized spacial score (nSPS) is 11.5. The predicted octanol–water partition coefficient (Wildman–Crippen LogP) is 4.43. The summed E-state index contributed by atoms with van der Waals surface area (Å²) in [7, 11) is 0. The Hall–Kier alpha value is -3.94. The molecular weight excluding hydrogens is 413 g/mol. The average molecular weight is 435 g/mol. The SMILES string of the molecule is CC(C)(C)c1cc(NC(=O)COc2ccc3ccc(=O)oc3c2)n(-c2ccc(F)cc2)n1. The van der Waals surface area contributed by atoms with Crippen molar-refractivity contribution in [2.24, 2.45) is 0 Å². The molecule has 1 N–H and O–H groups in total. The maximum atomic E-state index is 13.3. The van der Waals surface area contributed by atoms with E-state index >= 15 is 0 Å². The topological polar surface area (TPSA) is 86.4 Å².